The molecule has 146 valence electrons. The van der Waals surface area contributed by atoms with Gasteiger partial charge in [0, 0.05) is 63.8 Å². The summed E-state index contributed by atoms with van der Waals surface area (Å²) in [6.45, 7) is 6.86. The van der Waals surface area contributed by atoms with Gasteiger partial charge in [0.1, 0.15) is 6.10 Å². The zero-order valence-electron chi connectivity index (χ0n) is 15.6. The van der Waals surface area contributed by atoms with E-state index in [2.05, 4.69) is 20.4 Å². The Balaban J connectivity index is 1.46. The number of thioether (sulfide) groups is 1. The number of carbonyl (C=O) groups excluding carboxylic acids is 1. The highest BCUT2D eigenvalue weighted by molar-refractivity contribution is 7.99. The van der Waals surface area contributed by atoms with Crippen molar-refractivity contribution >= 4 is 17.7 Å². The molecule has 2 saturated heterocycles. The normalized spacial score (nSPS) is 23.6. The minimum atomic E-state index is -0.170. The molecule has 26 heavy (non-hydrogen) atoms. The Hall–Kier alpha value is -1.16. The highest BCUT2D eigenvalue weighted by Crippen LogP contribution is 2.15. The quantitative estimate of drug-likeness (QED) is 0.776. The maximum absolute atomic E-state index is 12.6. The van der Waals surface area contributed by atoms with E-state index in [4.69, 9.17) is 9.26 Å². The molecule has 1 aromatic rings. The van der Waals surface area contributed by atoms with E-state index in [9.17, 15) is 4.79 Å². The molecule has 1 N–H and O–H groups in total. The Morgan fingerprint density at radius 3 is 3.08 bits per heavy atom. The number of ether oxygens (including phenoxy) is 1. The van der Waals surface area contributed by atoms with Gasteiger partial charge in [0.15, 0.2) is 5.82 Å². The van der Waals surface area contributed by atoms with Crippen LogP contribution < -0.4 is 5.32 Å². The lowest BCUT2D eigenvalue weighted by molar-refractivity contribution is -0.131. The van der Waals surface area contributed by atoms with Gasteiger partial charge in [-0.05, 0) is 13.3 Å². The van der Waals surface area contributed by atoms with Crippen LogP contribution in [0.3, 0.4) is 0 Å². The molecule has 2 fully saturated rings. The van der Waals surface area contributed by atoms with Crippen LogP contribution in [-0.4, -0.2) is 83.2 Å². The molecule has 2 aliphatic rings. The van der Waals surface area contributed by atoms with Crippen LogP contribution in [0.15, 0.2) is 4.52 Å². The zero-order chi connectivity index (χ0) is 18.4. The van der Waals surface area contributed by atoms with Crippen LogP contribution in [0.1, 0.15) is 37.6 Å². The molecule has 0 aliphatic carbocycles. The summed E-state index contributed by atoms with van der Waals surface area (Å²) in [6.07, 6.45) is 1.40. The summed E-state index contributed by atoms with van der Waals surface area (Å²) in [7, 11) is 1.63. The van der Waals surface area contributed by atoms with E-state index in [0.717, 1.165) is 50.7 Å². The molecule has 2 atom stereocenters. The van der Waals surface area contributed by atoms with E-state index in [-0.39, 0.29) is 12.0 Å². The molecule has 0 saturated carbocycles. The van der Waals surface area contributed by atoms with Crippen LogP contribution in [0, 0.1) is 0 Å². The maximum atomic E-state index is 12.6. The number of methoxy groups -OCH3 is 1. The Morgan fingerprint density at radius 2 is 2.31 bits per heavy atom. The van der Waals surface area contributed by atoms with Crippen molar-refractivity contribution in [2.24, 2.45) is 0 Å². The van der Waals surface area contributed by atoms with E-state index in [1.807, 2.05) is 23.6 Å². The summed E-state index contributed by atoms with van der Waals surface area (Å²) >= 11 is 1.93. The van der Waals surface area contributed by atoms with Crippen LogP contribution in [0.2, 0.25) is 0 Å². The van der Waals surface area contributed by atoms with Crippen molar-refractivity contribution in [3.63, 3.8) is 0 Å². The van der Waals surface area contributed by atoms with E-state index >= 15 is 0 Å². The van der Waals surface area contributed by atoms with E-state index in [1.165, 1.54) is 0 Å². The molecule has 0 aromatic carbocycles. The van der Waals surface area contributed by atoms with E-state index < -0.39 is 0 Å². The number of hydrogen-bond donors (Lipinski definition) is 1. The topological polar surface area (TPSA) is 83.7 Å². The Morgan fingerprint density at radius 1 is 1.42 bits per heavy atom. The highest BCUT2D eigenvalue weighted by Gasteiger charge is 2.24. The molecular formula is C17H29N5O3S. The van der Waals surface area contributed by atoms with E-state index in [1.54, 1.807) is 7.11 Å². The fourth-order valence-electron chi connectivity index (χ4n) is 3.26. The minimum absolute atomic E-state index is 0.170. The first-order chi connectivity index (χ1) is 12.7. The van der Waals surface area contributed by atoms with Gasteiger partial charge in [-0.2, -0.15) is 16.7 Å². The number of rotatable bonds is 6. The van der Waals surface area contributed by atoms with Gasteiger partial charge in [-0.1, -0.05) is 5.16 Å². The summed E-state index contributed by atoms with van der Waals surface area (Å²) < 4.78 is 10.5. The van der Waals surface area contributed by atoms with Crippen molar-refractivity contribution in [3.05, 3.63) is 11.7 Å². The SMILES string of the molecule is COC(C)c1noc(CN2CCCN(C(=O)CC3CSCCN3)CC2)n1. The molecule has 2 unspecified atom stereocenters. The monoisotopic (exact) mass is 383 g/mol. The van der Waals surface area contributed by atoms with Gasteiger partial charge in [-0.15, -0.1) is 0 Å². The standard InChI is InChI=1S/C17H29N5O3S/c1-13(24-2)17-19-15(25-20-17)11-21-5-3-6-22(8-7-21)16(23)10-14-12-26-9-4-18-14/h13-14,18H,3-12H2,1-2H3. The first kappa shape index (κ1) is 19.6. The number of carbonyl (C=O) groups is 1. The first-order valence-electron chi connectivity index (χ1n) is 9.32. The second-order valence-corrected chi connectivity index (χ2v) is 8.01. The molecule has 0 bridgehead atoms. The summed E-state index contributed by atoms with van der Waals surface area (Å²) in [5.41, 5.74) is 0. The smallest absolute Gasteiger partial charge is 0.240 e. The molecule has 2 aliphatic heterocycles. The van der Waals surface area contributed by atoms with Gasteiger partial charge in [0.25, 0.3) is 0 Å². The number of nitrogens with one attached hydrogen (secondary N) is 1. The zero-order valence-corrected chi connectivity index (χ0v) is 16.5. The molecule has 1 aromatic heterocycles. The molecule has 9 heteroatoms. The molecule has 3 heterocycles. The predicted molar refractivity (Wildman–Crippen MR) is 99.9 cm³/mol. The highest BCUT2D eigenvalue weighted by atomic mass is 32.2. The number of hydrogen-bond acceptors (Lipinski definition) is 8. The fraction of sp³-hybridized carbons (Fsp3) is 0.824. The van der Waals surface area contributed by atoms with Crippen LogP contribution in [0.25, 0.3) is 0 Å². The van der Waals surface area contributed by atoms with Crippen LogP contribution in [-0.2, 0) is 16.1 Å². The van der Waals surface area contributed by atoms with Crippen LogP contribution in [0.5, 0.6) is 0 Å². The van der Waals surface area contributed by atoms with Crippen LogP contribution in [0.4, 0.5) is 0 Å². The molecule has 0 spiro atoms. The van der Waals surface area contributed by atoms with E-state index in [0.29, 0.717) is 30.7 Å². The number of aromatic nitrogens is 2. The molecular weight excluding hydrogens is 354 g/mol. The van der Waals surface area contributed by atoms with Crippen LogP contribution >= 0.6 is 11.8 Å². The third-order valence-electron chi connectivity index (χ3n) is 4.92. The molecule has 3 rings (SSSR count). The van der Waals surface area contributed by atoms with Gasteiger partial charge in [-0.25, -0.2) is 0 Å². The fourth-order valence-corrected chi connectivity index (χ4v) is 4.21. The molecule has 1 amide bonds. The van der Waals surface area contributed by atoms with Crippen molar-refractivity contribution in [1.29, 1.82) is 0 Å². The average molecular weight is 384 g/mol. The number of amides is 1. The first-order valence-corrected chi connectivity index (χ1v) is 10.5. The van der Waals surface area contributed by atoms with Crippen molar-refractivity contribution < 1.29 is 14.1 Å². The van der Waals surface area contributed by atoms with Crippen molar-refractivity contribution in [3.8, 4) is 0 Å². The lowest BCUT2D eigenvalue weighted by Crippen LogP contribution is -2.43. The summed E-state index contributed by atoms with van der Waals surface area (Å²) in [5, 5.41) is 7.42. The van der Waals surface area contributed by atoms with Crippen molar-refractivity contribution in [1.82, 2.24) is 25.3 Å². The minimum Gasteiger partial charge on any atom is -0.374 e. The van der Waals surface area contributed by atoms with Gasteiger partial charge in [-0.3, -0.25) is 9.69 Å². The second kappa shape index (κ2) is 9.68. The summed E-state index contributed by atoms with van der Waals surface area (Å²) in [6, 6.07) is 0.320. The van der Waals surface area contributed by atoms with Gasteiger partial charge in [0.05, 0.1) is 6.54 Å². The summed E-state index contributed by atoms with van der Waals surface area (Å²) in [4.78, 5) is 21.3. The average Bonchev–Trinajstić information content (AvgIpc) is 2.99. The van der Waals surface area contributed by atoms with Crippen molar-refractivity contribution in [2.75, 3.05) is 51.3 Å². The lowest BCUT2D eigenvalue weighted by atomic mass is 10.2. The van der Waals surface area contributed by atoms with Gasteiger partial charge >= 0.3 is 0 Å². The van der Waals surface area contributed by atoms with Gasteiger partial charge < -0.3 is 19.5 Å². The maximum Gasteiger partial charge on any atom is 0.240 e. The third-order valence-corrected chi connectivity index (χ3v) is 6.05. The second-order valence-electron chi connectivity index (χ2n) is 6.86. The summed E-state index contributed by atoms with van der Waals surface area (Å²) in [5.74, 6) is 3.62. The third kappa shape index (κ3) is 5.42. The predicted octanol–water partition coefficient (Wildman–Crippen LogP) is 0.906. The molecule has 8 nitrogen and oxygen atoms in total. The van der Waals surface area contributed by atoms with Crippen molar-refractivity contribution in [2.45, 2.75) is 38.5 Å². The lowest BCUT2D eigenvalue weighted by Gasteiger charge is -2.26. The number of nitrogens with zero attached hydrogens (tertiary/aromatic N) is 4. The largest absolute Gasteiger partial charge is 0.374 e. The Kier molecular flexibility index (Phi) is 7.30. The molecule has 0 radical (unpaired) electrons. The van der Waals surface area contributed by atoms with Gasteiger partial charge in [0.2, 0.25) is 11.8 Å². The Labute approximate surface area is 159 Å². The Bertz CT molecular complexity index is 578.